The monoisotopic (exact) mass is 278 g/mol. The highest BCUT2D eigenvalue weighted by molar-refractivity contribution is 6.17. The second-order valence-corrected chi connectivity index (χ2v) is 5.29. The van der Waals surface area contributed by atoms with Gasteiger partial charge in [-0.25, -0.2) is 4.39 Å². The van der Waals surface area contributed by atoms with Crippen molar-refractivity contribution in [3.63, 3.8) is 0 Å². The van der Waals surface area contributed by atoms with Gasteiger partial charge >= 0.3 is 0 Å². The second-order valence-electron chi connectivity index (χ2n) is 5.29. The maximum absolute atomic E-state index is 14.0. The smallest absolute Gasteiger partial charge is 0.196 e. The van der Waals surface area contributed by atoms with E-state index in [0.717, 1.165) is 21.9 Å². The number of carbonyl (C=O) groups is 1. The topological polar surface area (TPSA) is 17.1 Å². The third kappa shape index (κ3) is 2.33. The van der Waals surface area contributed by atoms with E-state index in [4.69, 9.17) is 0 Å². The van der Waals surface area contributed by atoms with Crippen LogP contribution in [0.15, 0.2) is 54.6 Å². The van der Waals surface area contributed by atoms with E-state index >= 15 is 0 Å². The summed E-state index contributed by atoms with van der Waals surface area (Å²) in [6, 6.07) is 16.2. The zero-order valence-electron chi connectivity index (χ0n) is 12.0. The van der Waals surface area contributed by atoms with Crippen LogP contribution in [0.5, 0.6) is 0 Å². The number of benzene rings is 3. The van der Waals surface area contributed by atoms with Crippen LogP contribution in [0.3, 0.4) is 0 Å². The van der Waals surface area contributed by atoms with Crippen LogP contribution in [0.4, 0.5) is 4.39 Å². The molecule has 0 aliphatic carbocycles. The van der Waals surface area contributed by atoms with E-state index in [1.54, 1.807) is 12.1 Å². The van der Waals surface area contributed by atoms with Crippen molar-refractivity contribution in [1.29, 1.82) is 0 Å². The quantitative estimate of drug-likeness (QED) is 0.614. The number of halogens is 1. The minimum Gasteiger partial charge on any atom is -0.288 e. The van der Waals surface area contributed by atoms with Crippen molar-refractivity contribution in [3.05, 3.63) is 82.7 Å². The number of ketones is 1. The fourth-order valence-corrected chi connectivity index (χ4v) is 2.63. The molecule has 0 atom stereocenters. The molecule has 0 radical (unpaired) electrons. The van der Waals surface area contributed by atoms with E-state index < -0.39 is 5.82 Å². The summed E-state index contributed by atoms with van der Waals surface area (Å²) in [6.45, 7) is 3.74. The number of carbonyl (C=O) groups excluding carboxylic acids is 1. The van der Waals surface area contributed by atoms with Crippen LogP contribution in [0.2, 0.25) is 0 Å². The van der Waals surface area contributed by atoms with E-state index in [2.05, 4.69) is 0 Å². The molecule has 21 heavy (non-hydrogen) atoms. The number of rotatable bonds is 2. The Morgan fingerprint density at radius 2 is 1.71 bits per heavy atom. The molecule has 0 aromatic heterocycles. The molecule has 0 bridgehead atoms. The summed E-state index contributed by atoms with van der Waals surface area (Å²) in [6.07, 6.45) is 0. The van der Waals surface area contributed by atoms with E-state index in [9.17, 15) is 9.18 Å². The molecule has 0 spiro atoms. The Bertz CT molecular complexity index is 849. The molecule has 2 heteroatoms. The van der Waals surface area contributed by atoms with Gasteiger partial charge in [-0.05, 0) is 42.3 Å². The molecule has 0 unspecified atom stereocenters. The van der Waals surface area contributed by atoms with Crippen molar-refractivity contribution in [2.45, 2.75) is 13.8 Å². The first-order chi connectivity index (χ1) is 10.1. The molecule has 0 amide bonds. The van der Waals surface area contributed by atoms with Crippen LogP contribution in [0, 0.1) is 19.7 Å². The first-order valence-electron chi connectivity index (χ1n) is 6.87. The van der Waals surface area contributed by atoms with Crippen LogP contribution in [-0.2, 0) is 0 Å². The molecular weight excluding hydrogens is 263 g/mol. The lowest BCUT2D eigenvalue weighted by molar-refractivity contribution is 0.103. The van der Waals surface area contributed by atoms with Crippen LogP contribution in [0.1, 0.15) is 27.0 Å². The summed E-state index contributed by atoms with van der Waals surface area (Å²) in [5, 5.41) is 1.85. The van der Waals surface area contributed by atoms with Gasteiger partial charge in [0.15, 0.2) is 5.78 Å². The van der Waals surface area contributed by atoms with Crippen molar-refractivity contribution in [1.82, 2.24) is 0 Å². The van der Waals surface area contributed by atoms with Gasteiger partial charge in [0.05, 0.1) is 5.56 Å². The number of aryl methyl sites for hydroxylation is 2. The molecule has 0 saturated heterocycles. The highest BCUT2D eigenvalue weighted by atomic mass is 19.1. The van der Waals surface area contributed by atoms with Crippen molar-refractivity contribution >= 4 is 16.6 Å². The molecule has 3 aromatic rings. The van der Waals surface area contributed by atoms with Crippen LogP contribution >= 0.6 is 0 Å². The Balaban J connectivity index is 2.27. The second kappa shape index (κ2) is 5.13. The fourth-order valence-electron chi connectivity index (χ4n) is 2.63. The summed E-state index contributed by atoms with van der Waals surface area (Å²) < 4.78 is 14.0. The van der Waals surface area contributed by atoms with Gasteiger partial charge in [0.1, 0.15) is 5.82 Å². The third-order valence-corrected chi connectivity index (χ3v) is 3.73. The fraction of sp³-hybridized carbons (Fsp3) is 0.105. The molecule has 0 fully saturated rings. The SMILES string of the molecule is Cc1ccc(F)c(C(=O)c2c(C)ccc3ccccc23)c1. The van der Waals surface area contributed by atoms with Crippen molar-refractivity contribution in [2.75, 3.05) is 0 Å². The highest BCUT2D eigenvalue weighted by Gasteiger charge is 2.18. The predicted octanol–water partition coefficient (Wildman–Crippen LogP) is 4.83. The van der Waals surface area contributed by atoms with Crippen molar-refractivity contribution < 1.29 is 9.18 Å². The molecule has 0 heterocycles. The largest absolute Gasteiger partial charge is 0.288 e. The first-order valence-corrected chi connectivity index (χ1v) is 6.87. The summed E-state index contributed by atoms with van der Waals surface area (Å²) in [4.78, 5) is 12.8. The standard InChI is InChI=1S/C19H15FO/c1-12-7-10-17(20)16(11-12)19(21)18-13(2)8-9-14-5-3-4-6-15(14)18/h3-11H,1-2H3. The third-order valence-electron chi connectivity index (χ3n) is 3.73. The Labute approximate surface area is 123 Å². The molecule has 3 rings (SSSR count). The molecule has 104 valence electrons. The van der Waals surface area contributed by atoms with E-state index in [0.29, 0.717) is 5.56 Å². The number of hydrogen-bond acceptors (Lipinski definition) is 1. The van der Waals surface area contributed by atoms with E-state index in [1.165, 1.54) is 6.07 Å². The Morgan fingerprint density at radius 1 is 0.952 bits per heavy atom. The normalized spacial score (nSPS) is 10.8. The summed E-state index contributed by atoms with van der Waals surface area (Å²) in [5.74, 6) is -0.733. The van der Waals surface area contributed by atoms with E-state index in [1.807, 2.05) is 50.2 Å². The van der Waals surface area contributed by atoms with Gasteiger partial charge in [-0.15, -0.1) is 0 Å². The van der Waals surface area contributed by atoms with Gasteiger partial charge in [-0.2, -0.15) is 0 Å². The molecular formula is C19H15FO. The molecule has 0 aliphatic rings. The van der Waals surface area contributed by atoms with Gasteiger partial charge in [-0.1, -0.05) is 48.0 Å². The van der Waals surface area contributed by atoms with Crippen LogP contribution < -0.4 is 0 Å². The number of fused-ring (bicyclic) bond motifs is 1. The van der Waals surface area contributed by atoms with Crippen molar-refractivity contribution in [2.24, 2.45) is 0 Å². The van der Waals surface area contributed by atoms with Crippen LogP contribution in [0.25, 0.3) is 10.8 Å². The Morgan fingerprint density at radius 3 is 2.52 bits per heavy atom. The lowest BCUT2D eigenvalue weighted by Gasteiger charge is -2.10. The average molecular weight is 278 g/mol. The summed E-state index contributed by atoms with van der Waals surface area (Å²) >= 11 is 0. The minimum absolute atomic E-state index is 0.134. The molecule has 0 aliphatic heterocycles. The predicted molar refractivity (Wildman–Crippen MR) is 83.3 cm³/mol. The van der Waals surface area contributed by atoms with Gasteiger partial charge in [-0.3, -0.25) is 4.79 Å². The minimum atomic E-state index is -0.474. The first kappa shape index (κ1) is 13.5. The van der Waals surface area contributed by atoms with E-state index in [-0.39, 0.29) is 11.3 Å². The van der Waals surface area contributed by atoms with Gasteiger partial charge in [0.25, 0.3) is 0 Å². The summed E-state index contributed by atoms with van der Waals surface area (Å²) in [7, 11) is 0. The molecule has 1 nitrogen and oxygen atoms in total. The Kier molecular flexibility index (Phi) is 3.30. The maximum Gasteiger partial charge on any atom is 0.196 e. The van der Waals surface area contributed by atoms with Gasteiger partial charge < -0.3 is 0 Å². The zero-order chi connectivity index (χ0) is 15.0. The average Bonchev–Trinajstić information content (AvgIpc) is 2.49. The molecule has 0 N–H and O–H groups in total. The maximum atomic E-state index is 14.0. The molecule has 3 aromatic carbocycles. The molecule has 0 saturated carbocycles. The van der Waals surface area contributed by atoms with Gasteiger partial charge in [0, 0.05) is 5.56 Å². The van der Waals surface area contributed by atoms with Crippen molar-refractivity contribution in [3.8, 4) is 0 Å². The summed E-state index contributed by atoms with van der Waals surface area (Å²) in [5.41, 5.74) is 2.45. The Hall–Kier alpha value is -2.48. The highest BCUT2D eigenvalue weighted by Crippen LogP contribution is 2.26. The lowest BCUT2D eigenvalue weighted by atomic mass is 9.92. The van der Waals surface area contributed by atoms with Crippen LogP contribution in [-0.4, -0.2) is 5.78 Å². The zero-order valence-corrected chi connectivity index (χ0v) is 12.0. The lowest BCUT2D eigenvalue weighted by Crippen LogP contribution is -2.07. The van der Waals surface area contributed by atoms with Gasteiger partial charge in [0.2, 0.25) is 0 Å². The number of hydrogen-bond donors (Lipinski definition) is 0.